The van der Waals surface area contributed by atoms with Gasteiger partial charge in [0.1, 0.15) is 6.61 Å². The summed E-state index contributed by atoms with van der Waals surface area (Å²) < 4.78 is 26.2. The summed E-state index contributed by atoms with van der Waals surface area (Å²) in [6.45, 7) is 3.39. The standard InChI is InChI=1S/C39H67O9P/c1-3-5-7-9-11-13-15-17-19-21-23-25-27-30-36(40)31-29-33-39(42)48-37(35-47-49(43,44)45)34-46-38(41)32-28-26-24-22-20-18-16-14-12-10-8-6-4-2/h5,7,11,13,17,19,23,25,27,30,36-37,40H,3-4,6,8-10,12,14-16,18,20-22,24,26,28-29,31-35H2,1-2H3,(H2,43,44,45)/b7-5-,13-11-,19-17-,25-23-,30-27+/t36?,37-/m1/s1. The number of phosphoric ester groups is 1. The molecule has 3 N–H and O–H groups in total. The lowest BCUT2D eigenvalue weighted by molar-refractivity contribution is -0.161. The molecule has 0 aromatic carbocycles. The van der Waals surface area contributed by atoms with Crippen LogP contribution in [0.5, 0.6) is 0 Å². The first-order valence-corrected chi connectivity index (χ1v) is 20.2. The maximum Gasteiger partial charge on any atom is 0.469 e. The zero-order valence-corrected chi connectivity index (χ0v) is 31.3. The van der Waals surface area contributed by atoms with E-state index < -0.39 is 38.6 Å². The fraction of sp³-hybridized carbons (Fsp3) is 0.692. The van der Waals surface area contributed by atoms with Gasteiger partial charge < -0.3 is 24.4 Å². The molecular weight excluding hydrogens is 643 g/mol. The summed E-state index contributed by atoms with van der Waals surface area (Å²) in [6, 6.07) is 0. The van der Waals surface area contributed by atoms with Crippen molar-refractivity contribution in [1.82, 2.24) is 0 Å². The van der Waals surface area contributed by atoms with Crippen LogP contribution >= 0.6 is 7.82 Å². The van der Waals surface area contributed by atoms with E-state index in [9.17, 15) is 19.3 Å². The number of hydrogen-bond donors (Lipinski definition) is 3. The highest BCUT2D eigenvalue weighted by Crippen LogP contribution is 2.36. The molecule has 0 aromatic rings. The fourth-order valence-electron chi connectivity index (χ4n) is 4.87. The highest BCUT2D eigenvalue weighted by molar-refractivity contribution is 7.46. The minimum Gasteiger partial charge on any atom is -0.462 e. The molecule has 0 spiro atoms. The number of unbranched alkanes of at least 4 members (excludes halogenated alkanes) is 12. The molecule has 0 aliphatic carbocycles. The molecule has 0 amide bonds. The average molecular weight is 711 g/mol. The Bertz CT molecular complexity index is 996. The van der Waals surface area contributed by atoms with E-state index in [0.717, 1.165) is 44.9 Å². The molecule has 0 fully saturated rings. The molecule has 0 heterocycles. The normalized spacial score (nSPS) is 13.8. The molecule has 9 nitrogen and oxygen atoms in total. The van der Waals surface area contributed by atoms with E-state index in [1.165, 1.54) is 57.8 Å². The lowest BCUT2D eigenvalue weighted by atomic mass is 10.0. The van der Waals surface area contributed by atoms with Crippen LogP contribution in [-0.4, -0.2) is 52.3 Å². The monoisotopic (exact) mass is 710 g/mol. The number of phosphoric acid groups is 1. The van der Waals surface area contributed by atoms with Gasteiger partial charge in [0.05, 0.1) is 12.7 Å². The summed E-state index contributed by atoms with van der Waals surface area (Å²) in [7, 11) is -4.80. The Balaban J connectivity index is 4.20. The van der Waals surface area contributed by atoms with Crippen molar-refractivity contribution < 1.29 is 43.0 Å². The van der Waals surface area contributed by atoms with Crippen molar-refractivity contribution in [2.75, 3.05) is 13.2 Å². The second-order valence-electron chi connectivity index (χ2n) is 12.4. The van der Waals surface area contributed by atoms with Gasteiger partial charge in [0.2, 0.25) is 0 Å². The molecule has 0 aliphatic heterocycles. The van der Waals surface area contributed by atoms with Crippen molar-refractivity contribution in [1.29, 1.82) is 0 Å². The van der Waals surface area contributed by atoms with E-state index in [1.54, 1.807) is 12.2 Å². The molecular formula is C39H67O9P. The number of esters is 2. The number of carbonyl (C=O) groups is 2. The Morgan fingerprint density at radius 1 is 0.633 bits per heavy atom. The van der Waals surface area contributed by atoms with E-state index in [1.807, 2.05) is 12.2 Å². The molecule has 0 aromatic heterocycles. The van der Waals surface area contributed by atoms with Gasteiger partial charge in [-0.05, 0) is 44.9 Å². The third-order valence-electron chi connectivity index (χ3n) is 7.65. The molecule has 0 rings (SSSR count). The quantitative estimate of drug-likeness (QED) is 0.0200. The van der Waals surface area contributed by atoms with E-state index >= 15 is 0 Å². The number of allylic oxidation sites excluding steroid dienone is 9. The molecule has 282 valence electrons. The van der Waals surface area contributed by atoms with Crippen LogP contribution in [0.3, 0.4) is 0 Å². The second kappa shape index (κ2) is 34.2. The van der Waals surface area contributed by atoms with Gasteiger partial charge in [-0.15, -0.1) is 0 Å². The Morgan fingerprint density at radius 3 is 1.69 bits per heavy atom. The van der Waals surface area contributed by atoms with Gasteiger partial charge in [0.15, 0.2) is 6.10 Å². The van der Waals surface area contributed by atoms with Crippen LogP contribution in [0.2, 0.25) is 0 Å². The summed E-state index contributed by atoms with van der Waals surface area (Å²) >= 11 is 0. The summed E-state index contributed by atoms with van der Waals surface area (Å²) in [5, 5.41) is 10.2. The van der Waals surface area contributed by atoms with Crippen molar-refractivity contribution in [3.8, 4) is 0 Å². The smallest absolute Gasteiger partial charge is 0.462 e. The largest absolute Gasteiger partial charge is 0.469 e. The van der Waals surface area contributed by atoms with Gasteiger partial charge in [0, 0.05) is 12.8 Å². The first-order chi connectivity index (χ1) is 23.7. The van der Waals surface area contributed by atoms with E-state index in [4.69, 9.17) is 19.3 Å². The fourth-order valence-corrected chi connectivity index (χ4v) is 5.23. The predicted octanol–water partition coefficient (Wildman–Crippen LogP) is 9.92. The van der Waals surface area contributed by atoms with Gasteiger partial charge in [-0.25, -0.2) is 4.57 Å². The lowest BCUT2D eigenvalue weighted by Crippen LogP contribution is -2.29. The first kappa shape index (κ1) is 46.7. The Labute approximate surface area is 297 Å². The van der Waals surface area contributed by atoms with Crippen LogP contribution in [0.4, 0.5) is 0 Å². The molecule has 0 saturated heterocycles. The maximum absolute atomic E-state index is 12.4. The van der Waals surface area contributed by atoms with E-state index in [0.29, 0.717) is 19.3 Å². The first-order valence-electron chi connectivity index (χ1n) is 18.7. The zero-order valence-electron chi connectivity index (χ0n) is 30.4. The van der Waals surface area contributed by atoms with Crippen molar-refractivity contribution in [3.63, 3.8) is 0 Å². The number of carbonyl (C=O) groups excluding carboxylic acids is 2. The third-order valence-corrected chi connectivity index (χ3v) is 8.14. The molecule has 1 unspecified atom stereocenters. The van der Waals surface area contributed by atoms with Crippen LogP contribution in [-0.2, 0) is 28.2 Å². The van der Waals surface area contributed by atoms with Gasteiger partial charge in [0.25, 0.3) is 0 Å². The number of aliphatic hydroxyl groups excluding tert-OH is 1. The van der Waals surface area contributed by atoms with Crippen molar-refractivity contribution in [2.24, 2.45) is 0 Å². The minimum absolute atomic E-state index is 0.0197. The SMILES string of the molecule is CC/C=C\C/C=C\C/C=C\C/C=C\C=C\C(O)CCCC(=O)O[C@H](COC(=O)CCCCCCCCCCCCCCC)COP(=O)(O)O. The number of rotatable bonds is 33. The predicted molar refractivity (Wildman–Crippen MR) is 199 cm³/mol. The Morgan fingerprint density at radius 2 is 1.14 bits per heavy atom. The molecule has 0 bridgehead atoms. The topological polar surface area (TPSA) is 140 Å². The summed E-state index contributed by atoms with van der Waals surface area (Å²) in [5.41, 5.74) is 0. The number of hydrogen-bond acceptors (Lipinski definition) is 7. The number of ether oxygens (including phenoxy) is 2. The highest BCUT2D eigenvalue weighted by atomic mass is 31.2. The molecule has 0 saturated carbocycles. The third kappa shape index (κ3) is 36.8. The van der Waals surface area contributed by atoms with Crippen molar-refractivity contribution in [3.05, 3.63) is 60.8 Å². The van der Waals surface area contributed by atoms with Crippen LogP contribution in [0, 0.1) is 0 Å². The molecule has 49 heavy (non-hydrogen) atoms. The maximum atomic E-state index is 12.4. The van der Waals surface area contributed by atoms with Crippen molar-refractivity contribution in [2.45, 2.75) is 161 Å². The highest BCUT2D eigenvalue weighted by Gasteiger charge is 2.23. The van der Waals surface area contributed by atoms with Crippen molar-refractivity contribution >= 4 is 19.8 Å². The molecule has 0 aliphatic rings. The summed E-state index contributed by atoms with van der Waals surface area (Å²) in [6.07, 6.45) is 38.3. The van der Waals surface area contributed by atoms with Gasteiger partial charge >= 0.3 is 19.8 Å². The van der Waals surface area contributed by atoms with Crippen LogP contribution in [0.15, 0.2) is 60.8 Å². The van der Waals surface area contributed by atoms with Crippen LogP contribution in [0.25, 0.3) is 0 Å². The summed E-state index contributed by atoms with van der Waals surface area (Å²) in [5.74, 6) is -1.09. The van der Waals surface area contributed by atoms with E-state index in [2.05, 4.69) is 54.8 Å². The van der Waals surface area contributed by atoms with Crippen LogP contribution in [0.1, 0.15) is 149 Å². The Hall–Kier alpha value is -2.29. The van der Waals surface area contributed by atoms with Gasteiger partial charge in [-0.1, -0.05) is 152 Å². The van der Waals surface area contributed by atoms with Gasteiger partial charge in [-0.3, -0.25) is 14.1 Å². The average Bonchev–Trinajstić information content (AvgIpc) is 3.06. The zero-order chi connectivity index (χ0) is 36.3. The Kier molecular flexibility index (Phi) is 32.6. The number of aliphatic hydroxyl groups is 1. The molecule has 10 heteroatoms. The summed E-state index contributed by atoms with van der Waals surface area (Å²) in [4.78, 5) is 42.7. The van der Waals surface area contributed by atoms with Gasteiger partial charge in [-0.2, -0.15) is 0 Å². The molecule has 2 atom stereocenters. The van der Waals surface area contributed by atoms with Crippen LogP contribution < -0.4 is 0 Å². The minimum atomic E-state index is -4.80. The lowest BCUT2D eigenvalue weighted by Gasteiger charge is -2.18. The van der Waals surface area contributed by atoms with E-state index in [-0.39, 0.29) is 19.4 Å². The molecule has 0 radical (unpaired) electrons. The second-order valence-corrected chi connectivity index (χ2v) is 13.6.